The smallest absolute Gasteiger partial charge is 0.200 e. The first-order chi connectivity index (χ1) is 14.4. The van der Waals surface area contributed by atoms with E-state index >= 15 is 0 Å². The Morgan fingerprint density at radius 1 is 1.17 bits per heavy atom. The SMILES string of the molecule is CCC(CC)(CC1Cc2ccccc2C1)NC[C@@H](O)COc1cc(Br)cc(F)c1F. The van der Waals surface area contributed by atoms with Crippen molar-refractivity contribution in [2.24, 2.45) is 5.92 Å². The van der Waals surface area contributed by atoms with Crippen LogP contribution in [0.2, 0.25) is 0 Å². The largest absolute Gasteiger partial charge is 0.488 e. The zero-order valence-electron chi connectivity index (χ0n) is 17.6. The van der Waals surface area contributed by atoms with Gasteiger partial charge in [0, 0.05) is 16.6 Å². The van der Waals surface area contributed by atoms with Gasteiger partial charge < -0.3 is 15.2 Å². The van der Waals surface area contributed by atoms with Crippen LogP contribution in [0, 0.1) is 17.6 Å². The van der Waals surface area contributed by atoms with E-state index in [1.165, 1.54) is 17.2 Å². The van der Waals surface area contributed by atoms with Gasteiger partial charge in [0.1, 0.15) is 12.7 Å². The van der Waals surface area contributed by atoms with Crippen molar-refractivity contribution in [2.75, 3.05) is 13.2 Å². The van der Waals surface area contributed by atoms with Gasteiger partial charge in [-0.1, -0.05) is 54.0 Å². The summed E-state index contributed by atoms with van der Waals surface area (Å²) in [6.07, 6.45) is 4.31. The number of β-amino-alcohol motifs (C(OH)–C–C–N with tert-alkyl or cyclic N) is 1. The van der Waals surface area contributed by atoms with E-state index in [2.05, 4.69) is 59.4 Å². The Hall–Kier alpha value is -1.50. The second-order valence-corrected chi connectivity index (χ2v) is 9.20. The number of benzene rings is 2. The number of fused-ring (bicyclic) bond motifs is 1. The Labute approximate surface area is 186 Å². The molecule has 3 rings (SSSR count). The highest BCUT2D eigenvalue weighted by atomic mass is 79.9. The average Bonchev–Trinajstić information content (AvgIpc) is 3.14. The zero-order valence-corrected chi connectivity index (χ0v) is 19.1. The Kier molecular flexibility index (Phi) is 7.88. The highest BCUT2D eigenvalue weighted by Gasteiger charge is 2.32. The van der Waals surface area contributed by atoms with Crippen molar-refractivity contribution in [3.63, 3.8) is 0 Å². The zero-order chi connectivity index (χ0) is 21.7. The van der Waals surface area contributed by atoms with E-state index in [1.807, 2.05) is 0 Å². The summed E-state index contributed by atoms with van der Waals surface area (Å²) >= 11 is 3.12. The third-order valence-corrected chi connectivity index (χ3v) is 6.73. The van der Waals surface area contributed by atoms with Gasteiger partial charge in [-0.15, -0.1) is 0 Å². The molecule has 1 aliphatic carbocycles. The molecule has 0 heterocycles. The van der Waals surface area contributed by atoms with Crippen LogP contribution in [-0.2, 0) is 12.8 Å². The molecular weight excluding hydrogens is 452 g/mol. The highest BCUT2D eigenvalue weighted by Crippen LogP contribution is 2.34. The average molecular weight is 482 g/mol. The third-order valence-electron chi connectivity index (χ3n) is 6.27. The normalized spacial score (nSPS) is 15.3. The van der Waals surface area contributed by atoms with E-state index < -0.39 is 17.7 Å². The summed E-state index contributed by atoms with van der Waals surface area (Å²) in [6.45, 7) is 4.56. The van der Waals surface area contributed by atoms with E-state index in [1.54, 1.807) is 0 Å². The molecule has 0 radical (unpaired) electrons. The molecule has 0 saturated heterocycles. The van der Waals surface area contributed by atoms with Gasteiger partial charge in [0.2, 0.25) is 5.82 Å². The van der Waals surface area contributed by atoms with E-state index in [4.69, 9.17) is 4.74 Å². The number of aliphatic hydroxyl groups is 1. The lowest BCUT2D eigenvalue weighted by Gasteiger charge is -2.36. The van der Waals surface area contributed by atoms with Crippen molar-refractivity contribution in [1.29, 1.82) is 0 Å². The number of nitrogens with one attached hydrogen (secondary N) is 1. The summed E-state index contributed by atoms with van der Waals surface area (Å²) < 4.78 is 33.1. The first-order valence-electron chi connectivity index (χ1n) is 10.6. The Morgan fingerprint density at radius 3 is 2.40 bits per heavy atom. The van der Waals surface area contributed by atoms with Crippen molar-refractivity contribution in [1.82, 2.24) is 5.32 Å². The van der Waals surface area contributed by atoms with Gasteiger partial charge in [-0.2, -0.15) is 4.39 Å². The van der Waals surface area contributed by atoms with Crippen LogP contribution in [0.3, 0.4) is 0 Å². The maximum atomic E-state index is 13.8. The molecule has 1 aliphatic rings. The van der Waals surface area contributed by atoms with Crippen molar-refractivity contribution < 1.29 is 18.6 Å². The molecule has 1 atom stereocenters. The molecular formula is C24H30BrF2NO2. The number of ether oxygens (including phenoxy) is 1. The number of hydrogen-bond donors (Lipinski definition) is 2. The molecule has 2 N–H and O–H groups in total. The molecule has 3 nitrogen and oxygen atoms in total. The van der Waals surface area contributed by atoms with Crippen molar-refractivity contribution in [2.45, 2.75) is 57.6 Å². The fourth-order valence-electron chi connectivity index (χ4n) is 4.42. The Morgan fingerprint density at radius 2 is 1.80 bits per heavy atom. The third kappa shape index (κ3) is 5.59. The molecule has 30 heavy (non-hydrogen) atoms. The molecule has 0 aromatic heterocycles. The monoisotopic (exact) mass is 481 g/mol. The van der Waals surface area contributed by atoms with Crippen LogP contribution in [0.4, 0.5) is 8.78 Å². The summed E-state index contributed by atoms with van der Waals surface area (Å²) in [4.78, 5) is 0. The summed E-state index contributed by atoms with van der Waals surface area (Å²) in [6, 6.07) is 11.0. The van der Waals surface area contributed by atoms with Gasteiger partial charge in [0.25, 0.3) is 0 Å². The number of hydrogen-bond acceptors (Lipinski definition) is 3. The van der Waals surface area contributed by atoms with Gasteiger partial charge in [0.05, 0.1) is 0 Å². The molecule has 0 spiro atoms. The van der Waals surface area contributed by atoms with E-state index in [9.17, 15) is 13.9 Å². The fourth-order valence-corrected chi connectivity index (χ4v) is 4.83. The molecule has 2 aromatic carbocycles. The minimum Gasteiger partial charge on any atom is -0.488 e. The van der Waals surface area contributed by atoms with E-state index in [-0.39, 0.29) is 17.9 Å². The number of rotatable bonds is 10. The molecule has 0 bridgehead atoms. The lowest BCUT2D eigenvalue weighted by molar-refractivity contribution is 0.0889. The van der Waals surface area contributed by atoms with Crippen molar-refractivity contribution >= 4 is 15.9 Å². The fraction of sp³-hybridized carbons (Fsp3) is 0.500. The van der Waals surface area contributed by atoms with Crippen LogP contribution in [0.25, 0.3) is 0 Å². The summed E-state index contributed by atoms with van der Waals surface area (Å²) in [5.41, 5.74) is 2.82. The first kappa shape index (κ1) is 23.2. The lowest BCUT2D eigenvalue weighted by Crippen LogP contribution is -2.49. The minimum atomic E-state index is -1.05. The van der Waals surface area contributed by atoms with E-state index in [0.29, 0.717) is 16.9 Å². The quantitative estimate of drug-likeness (QED) is 0.445. The molecule has 0 aliphatic heterocycles. The van der Waals surface area contributed by atoms with Crippen molar-refractivity contribution in [3.8, 4) is 5.75 Å². The summed E-state index contributed by atoms with van der Waals surface area (Å²) in [5, 5.41) is 13.9. The van der Waals surface area contributed by atoms with Gasteiger partial charge in [-0.05, 0) is 61.3 Å². The molecule has 0 unspecified atom stereocenters. The van der Waals surface area contributed by atoms with Crippen molar-refractivity contribution in [3.05, 3.63) is 63.6 Å². The summed E-state index contributed by atoms with van der Waals surface area (Å²) in [5.74, 6) is -1.65. The maximum absolute atomic E-state index is 13.8. The molecule has 6 heteroatoms. The number of halogens is 3. The van der Waals surface area contributed by atoms with Crippen LogP contribution >= 0.6 is 15.9 Å². The van der Waals surface area contributed by atoms with Gasteiger partial charge >= 0.3 is 0 Å². The van der Waals surface area contributed by atoms with Crippen LogP contribution in [0.15, 0.2) is 40.9 Å². The second-order valence-electron chi connectivity index (χ2n) is 8.28. The molecule has 0 saturated carbocycles. The standard InChI is InChI=1S/C24H30BrF2NO2/c1-3-24(4-2,13-16-9-17-7-5-6-8-18(17)10-16)28-14-20(29)15-30-22-12-19(25)11-21(26)23(22)27/h5-8,11-12,16,20,28-29H,3-4,9-10,13-15H2,1-2H3/t20-/m1/s1. The summed E-state index contributed by atoms with van der Waals surface area (Å²) in [7, 11) is 0. The lowest BCUT2D eigenvalue weighted by atomic mass is 9.81. The van der Waals surface area contributed by atoms with Gasteiger partial charge in [-0.25, -0.2) is 4.39 Å². The van der Waals surface area contributed by atoms with Crippen LogP contribution in [0.5, 0.6) is 5.75 Å². The second kappa shape index (κ2) is 10.2. The van der Waals surface area contributed by atoms with Gasteiger partial charge in [-0.3, -0.25) is 0 Å². The molecule has 164 valence electrons. The highest BCUT2D eigenvalue weighted by molar-refractivity contribution is 9.10. The van der Waals surface area contributed by atoms with Gasteiger partial charge in [0.15, 0.2) is 11.6 Å². The topological polar surface area (TPSA) is 41.5 Å². The predicted octanol–water partition coefficient (Wildman–Crippen LogP) is 5.42. The Bertz CT molecular complexity index is 832. The molecule has 2 aromatic rings. The van der Waals surface area contributed by atoms with Crippen LogP contribution in [0.1, 0.15) is 44.2 Å². The van der Waals surface area contributed by atoms with Crippen LogP contribution < -0.4 is 10.1 Å². The molecule has 0 amide bonds. The van der Waals surface area contributed by atoms with Crippen LogP contribution in [-0.4, -0.2) is 29.9 Å². The predicted molar refractivity (Wildman–Crippen MR) is 119 cm³/mol. The minimum absolute atomic E-state index is 0.0686. The number of aliphatic hydroxyl groups excluding tert-OH is 1. The maximum Gasteiger partial charge on any atom is 0.200 e. The Balaban J connectivity index is 1.54. The molecule has 0 fully saturated rings. The van der Waals surface area contributed by atoms with E-state index in [0.717, 1.165) is 38.2 Å². The first-order valence-corrected chi connectivity index (χ1v) is 11.4.